The predicted octanol–water partition coefficient (Wildman–Crippen LogP) is 6.34. The third-order valence-electron chi connectivity index (χ3n) is 4.85. The van der Waals surface area contributed by atoms with Gasteiger partial charge >= 0.3 is 5.97 Å². The molecule has 1 heterocycles. The van der Waals surface area contributed by atoms with Gasteiger partial charge in [0.05, 0.1) is 11.4 Å². The van der Waals surface area contributed by atoms with E-state index in [1.807, 2.05) is 19.9 Å². The summed E-state index contributed by atoms with van der Waals surface area (Å²) in [6.07, 6.45) is 0.608. The van der Waals surface area contributed by atoms with Gasteiger partial charge in [0.2, 0.25) is 0 Å². The summed E-state index contributed by atoms with van der Waals surface area (Å²) >= 11 is 15.1. The third kappa shape index (κ3) is 5.79. The zero-order chi connectivity index (χ0) is 23.5. The minimum atomic E-state index is -3.66. The van der Waals surface area contributed by atoms with Gasteiger partial charge < -0.3 is 5.11 Å². The molecule has 0 unspecified atom stereocenters. The molecule has 1 aromatic heterocycles. The van der Waals surface area contributed by atoms with Crippen molar-refractivity contribution in [3.63, 3.8) is 0 Å². The molecule has 0 aliphatic rings. The van der Waals surface area contributed by atoms with Crippen LogP contribution in [0.3, 0.4) is 0 Å². The van der Waals surface area contributed by atoms with Crippen LogP contribution in [0.25, 0.3) is 10.1 Å². The fraction of sp³-hybridized carbons (Fsp3) is 0.318. The summed E-state index contributed by atoms with van der Waals surface area (Å²) in [5.74, 6) is -0.395. The summed E-state index contributed by atoms with van der Waals surface area (Å²) in [6.45, 7) is 4.52. The molecule has 1 N–H and O–H groups in total. The van der Waals surface area contributed by atoms with Crippen molar-refractivity contribution in [2.45, 2.75) is 35.8 Å². The maximum Gasteiger partial charge on any atom is 0.307 e. The Kier molecular flexibility index (Phi) is 8.52. The van der Waals surface area contributed by atoms with Crippen molar-refractivity contribution in [3.8, 4) is 0 Å². The Morgan fingerprint density at radius 2 is 1.91 bits per heavy atom. The first-order valence-electron chi connectivity index (χ1n) is 9.95. The number of rotatable bonds is 10. The Balaban J connectivity index is 1.77. The molecule has 5 nitrogen and oxygen atoms in total. The van der Waals surface area contributed by atoms with Gasteiger partial charge in [-0.3, -0.25) is 4.79 Å². The molecule has 0 aliphatic heterocycles. The second-order valence-corrected chi connectivity index (χ2v) is 12.4. The first kappa shape index (κ1) is 25.3. The maximum atomic E-state index is 13.5. The van der Waals surface area contributed by atoms with E-state index in [4.69, 9.17) is 28.3 Å². The number of carboxylic acids is 1. The summed E-state index contributed by atoms with van der Waals surface area (Å²) in [5.41, 5.74) is 1.35. The monoisotopic (exact) mass is 531 g/mol. The lowest BCUT2D eigenvalue weighted by molar-refractivity contribution is -0.136. The topological polar surface area (TPSA) is 74.7 Å². The standard InChI is InChI=1S/C22H23Cl2NO4S3/c1-3-8-25(9-10-30-20-6-4-15(11-18(20)24)12-21(26)27)32(28,29)22-14(2)17-13-16(23)5-7-19(17)31-22/h4-7,11,13H,3,8-10,12H2,1-2H3,(H,26,27). The molecule has 0 aliphatic carbocycles. The van der Waals surface area contributed by atoms with Crippen molar-refractivity contribution >= 4 is 72.4 Å². The first-order chi connectivity index (χ1) is 15.1. The summed E-state index contributed by atoms with van der Waals surface area (Å²) in [7, 11) is -3.66. The number of aryl methyl sites for hydroxylation is 1. The number of hydrogen-bond acceptors (Lipinski definition) is 5. The van der Waals surface area contributed by atoms with E-state index in [0.717, 1.165) is 20.5 Å². The van der Waals surface area contributed by atoms with Crippen LogP contribution in [0.4, 0.5) is 0 Å². The Morgan fingerprint density at radius 3 is 2.56 bits per heavy atom. The Bertz CT molecular complexity index is 1240. The number of fused-ring (bicyclic) bond motifs is 1. The molecule has 0 fully saturated rings. The number of thiophene rings is 1. The van der Waals surface area contributed by atoms with Gasteiger partial charge in [-0.15, -0.1) is 23.1 Å². The van der Waals surface area contributed by atoms with Crippen LogP contribution in [-0.2, 0) is 21.2 Å². The van der Waals surface area contributed by atoms with Crippen molar-refractivity contribution < 1.29 is 18.3 Å². The van der Waals surface area contributed by atoms with Gasteiger partial charge in [-0.25, -0.2) is 8.42 Å². The predicted molar refractivity (Wildman–Crippen MR) is 134 cm³/mol. The van der Waals surface area contributed by atoms with E-state index in [0.29, 0.717) is 45.1 Å². The van der Waals surface area contributed by atoms with Gasteiger partial charge in [0.15, 0.2) is 0 Å². The molecule has 0 bridgehead atoms. The van der Waals surface area contributed by atoms with E-state index in [1.54, 1.807) is 30.3 Å². The van der Waals surface area contributed by atoms with Gasteiger partial charge in [0.25, 0.3) is 10.0 Å². The molecule has 3 aromatic rings. The van der Waals surface area contributed by atoms with Gasteiger partial charge in [-0.1, -0.05) is 36.2 Å². The van der Waals surface area contributed by atoms with Crippen molar-refractivity contribution in [3.05, 3.63) is 57.6 Å². The molecule has 3 rings (SSSR count). The third-order valence-corrected chi connectivity index (χ3v) is 10.3. The van der Waals surface area contributed by atoms with Crippen molar-refractivity contribution in [2.75, 3.05) is 18.8 Å². The lowest BCUT2D eigenvalue weighted by atomic mass is 10.1. The number of sulfonamides is 1. The highest BCUT2D eigenvalue weighted by Gasteiger charge is 2.28. The zero-order valence-corrected chi connectivity index (χ0v) is 21.6. The highest BCUT2D eigenvalue weighted by Crippen LogP contribution is 2.37. The first-order valence-corrected chi connectivity index (χ1v) is 13.9. The van der Waals surface area contributed by atoms with E-state index in [2.05, 4.69) is 0 Å². The van der Waals surface area contributed by atoms with E-state index >= 15 is 0 Å². The number of aliphatic carboxylic acids is 1. The number of nitrogens with zero attached hydrogens (tertiary/aromatic N) is 1. The number of hydrogen-bond donors (Lipinski definition) is 1. The van der Waals surface area contributed by atoms with Crippen LogP contribution in [0, 0.1) is 6.92 Å². The molecule has 10 heteroatoms. The molecule has 172 valence electrons. The van der Waals surface area contributed by atoms with Crippen LogP contribution >= 0.6 is 46.3 Å². The van der Waals surface area contributed by atoms with Crippen molar-refractivity contribution in [2.24, 2.45) is 0 Å². The largest absolute Gasteiger partial charge is 0.481 e. The van der Waals surface area contributed by atoms with E-state index in [1.165, 1.54) is 27.4 Å². The van der Waals surface area contributed by atoms with Gasteiger partial charge in [0, 0.05) is 33.5 Å². The average Bonchev–Trinajstić information content (AvgIpc) is 3.05. The number of thioether (sulfide) groups is 1. The lowest BCUT2D eigenvalue weighted by Crippen LogP contribution is -2.33. The van der Waals surface area contributed by atoms with Crippen LogP contribution in [0.2, 0.25) is 10.0 Å². The lowest BCUT2D eigenvalue weighted by Gasteiger charge is -2.21. The van der Waals surface area contributed by atoms with Gasteiger partial charge in [0.1, 0.15) is 4.21 Å². The Hall–Kier alpha value is -1.29. The molecule has 0 saturated heterocycles. The highest BCUT2D eigenvalue weighted by molar-refractivity contribution is 7.99. The molecular weight excluding hydrogens is 509 g/mol. The fourth-order valence-electron chi connectivity index (χ4n) is 3.34. The Labute approximate surface area is 206 Å². The normalized spacial score (nSPS) is 12.0. The van der Waals surface area contributed by atoms with Crippen LogP contribution < -0.4 is 0 Å². The average molecular weight is 533 g/mol. The highest BCUT2D eigenvalue weighted by atomic mass is 35.5. The van der Waals surface area contributed by atoms with Crippen molar-refractivity contribution in [1.82, 2.24) is 4.31 Å². The second kappa shape index (κ2) is 10.8. The molecule has 0 radical (unpaired) electrons. The number of carbonyl (C=O) groups is 1. The minimum absolute atomic E-state index is 0.0904. The zero-order valence-electron chi connectivity index (χ0n) is 17.6. The summed E-state index contributed by atoms with van der Waals surface area (Å²) < 4.78 is 29.7. The molecule has 0 atom stereocenters. The molecule has 2 aromatic carbocycles. The van der Waals surface area contributed by atoms with Crippen molar-refractivity contribution in [1.29, 1.82) is 0 Å². The summed E-state index contributed by atoms with van der Waals surface area (Å²) in [5, 5.41) is 10.8. The van der Waals surface area contributed by atoms with E-state index < -0.39 is 16.0 Å². The quantitative estimate of drug-likeness (QED) is 0.309. The van der Waals surface area contributed by atoms with Crippen LogP contribution in [-0.4, -0.2) is 42.6 Å². The van der Waals surface area contributed by atoms with Gasteiger partial charge in [-0.05, 0) is 60.2 Å². The molecular formula is C22H23Cl2NO4S3. The SMILES string of the molecule is CCCN(CCSc1ccc(CC(=O)O)cc1Cl)S(=O)(=O)c1sc2ccc(Cl)cc2c1C. The fourth-order valence-corrected chi connectivity index (χ4v) is 8.30. The number of halogens is 2. The Morgan fingerprint density at radius 1 is 1.16 bits per heavy atom. The smallest absolute Gasteiger partial charge is 0.307 e. The minimum Gasteiger partial charge on any atom is -0.481 e. The van der Waals surface area contributed by atoms with Gasteiger partial charge in [-0.2, -0.15) is 4.31 Å². The van der Waals surface area contributed by atoms with Crippen LogP contribution in [0.15, 0.2) is 45.5 Å². The molecule has 0 spiro atoms. The second-order valence-electron chi connectivity index (χ2n) is 7.24. The van der Waals surface area contributed by atoms with E-state index in [-0.39, 0.29) is 6.42 Å². The van der Waals surface area contributed by atoms with Crippen LogP contribution in [0.5, 0.6) is 0 Å². The van der Waals surface area contributed by atoms with Crippen LogP contribution in [0.1, 0.15) is 24.5 Å². The van der Waals surface area contributed by atoms with E-state index in [9.17, 15) is 13.2 Å². The summed E-state index contributed by atoms with van der Waals surface area (Å²) in [4.78, 5) is 11.7. The number of carboxylic acid groups (broad SMARTS) is 1. The number of benzene rings is 2. The molecule has 32 heavy (non-hydrogen) atoms. The summed E-state index contributed by atoms with van der Waals surface area (Å²) in [6, 6.07) is 10.6. The molecule has 0 amide bonds. The molecule has 0 saturated carbocycles. The maximum absolute atomic E-state index is 13.5.